The van der Waals surface area contributed by atoms with Crippen molar-refractivity contribution in [2.24, 2.45) is 17.8 Å². The molecule has 19 heavy (non-hydrogen) atoms. The van der Waals surface area contributed by atoms with E-state index in [9.17, 15) is 5.11 Å². The summed E-state index contributed by atoms with van der Waals surface area (Å²) >= 11 is 0. The molecule has 0 heterocycles. The summed E-state index contributed by atoms with van der Waals surface area (Å²) in [5.74, 6) is 1.76. The van der Waals surface area contributed by atoms with Gasteiger partial charge in [-0.25, -0.2) is 0 Å². The molecular weight excluding hydrogens is 242 g/mol. The van der Waals surface area contributed by atoms with Gasteiger partial charge in [0.05, 0.1) is 19.3 Å². The van der Waals surface area contributed by atoms with Crippen molar-refractivity contribution >= 4 is 0 Å². The van der Waals surface area contributed by atoms with Gasteiger partial charge in [-0.2, -0.15) is 0 Å². The second-order valence-electron chi connectivity index (χ2n) is 6.16. The molecule has 0 amide bonds. The average Bonchev–Trinajstić information content (AvgIpc) is 2.38. The molecule has 0 aromatic carbocycles. The number of nitrogens with zero attached hydrogens (tertiary/aromatic N) is 1. The normalized spacial score (nSPS) is 28.3. The second kappa shape index (κ2) is 8.90. The van der Waals surface area contributed by atoms with Gasteiger partial charge in [0, 0.05) is 26.7 Å². The Hall–Kier alpha value is -0.160. The van der Waals surface area contributed by atoms with E-state index in [-0.39, 0.29) is 12.7 Å². The SMILES string of the molecule is COCCN(CCO)CC1CC(C(C)C)CCC1O. The first-order valence-corrected chi connectivity index (χ1v) is 7.58. The zero-order valence-corrected chi connectivity index (χ0v) is 12.7. The van der Waals surface area contributed by atoms with Crippen molar-refractivity contribution in [1.29, 1.82) is 0 Å². The van der Waals surface area contributed by atoms with E-state index in [0.29, 0.717) is 25.0 Å². The number of aliphatic hydroxyl groups excluding tert-OH is 2. The Labute approximate surface area is 117 Å². The minimum atomic E-state index is -0.182. The predicted octanol–water partition coefficient (Wildman–Crippen LogP) is 1.36. The maximum Gasteiger partial charge on any atom is 0.0589 e. The third kappa shape index (κ3) is 5.78. The lowest BCUT2D eigenvalue weighted by Crippen LogP contribution is -2.41. The van der Waals surface area contributed by atoms with Gasteiger partial charge in [-0.3, -0.25) is 4.90 Å². The smallest absolute Gasteiger partial charge is 0.0589 e. The van der Waals surface area contributed by atoms with Gasteiger partial charge in [-0.15, -0.1) is 0 Å². The molecule has 2 N–H and O–H groups in total. The number of hydrogen-bond acceptors (Lipinski definition) is 4. The minimum absolute atomic E-state index is 0.167. The third-order valence-electron chi connectivity index (χ3n) is 4.45. The number of methoxy groups -OCH3 is 1. The summed E-state index contributed by atoms with van der Waals surface area (Å²) in [5, 5.41) is 19.3. The van der Waals surface area contributed by atoms with Gasteiger partial charge in [-0.1, -0.05) is 13.8 Å². The quantitative estimate of drug-likeness (QED) is 0.701. The largest absolute Gasteiger partial charge is 0.395 e. The maximum absolute atomic E-state index is 10.2. The highest BCUT2D eigenvalue weighted by Gasteiger charge is 2.31. The van der Waals surface area contributed by atoms with E-state index < -0.39 is 0 Å². The molecule has 0 bridgehead atoms. The van der Waals surface area contributed by atoms with Crippen molar-refractivity contribution in [1.82, 2.24) is 4.90 Å². The van der Waals surface area contributed by atoms with Gasteiger partial charge in [-0.05, 0) is 37.0 Å². The molecule has 3 atom stereocenters. The summed E-state index contributed by atoms with van der Waals surface area (Å²) in [6.07, 6.45) is 2.99. The fourth-order valence-electron chi connectivity index (χ4n) is 3.07. The highest BCUT2D eigenvalue weighted by atomic mass is 16.5. The van der Waals surface area contributed by atoms with Gasteiger partial charge in [0.25, 0.3) is 0 Å². The van der Waals surface area contributed by atoms with Crippen LogP contribution in [0.5, 0.6) is 0 Å². The van der Waals surface area contributed by atoms with Crippen LogP contribution in [0.1, 0.15) is 33.1 Å². The molecular formula is C15H31NO3. The Bertz CT molecular complexity index is 235. The van der Waals surface area contributed by atoms with Crippen LogP contribution in [0, 0.1) is 17.8 Å². The van der Waals surface area contributed by atoms with E-state index in [0.717, 1.165) is 38.3 Å². The third-order valence-corrected chi connectivity index (χ3v) is 4.45. The Balaban J connectivity index is 2.49. The van der Waals surface area contributed by atoms with Crippen LogP contribution < -0.4 is 0 Å². The second-order valence-corrected chi connectivity index (χ2v) is 6.16. The molecule has 4 heteroatoms. The standard InChI is InChI=1S/C15H31NO3/c1-12(2)13-4-5-15(18)14(10-13)11-16(6-8-17)7-9-19-3/h12-15,17-18H,4-11H2,1-3H3. The summed E-state index contributed by atoms with van der Waals surface area (Å²) in [4.78, 5) is 2.21. The Morgan fingerprint density at radius 1 is 1.26 bits per heavy atom. The molecule has 4 nitrogen and oxygen atoms in total. The van der Waals surface area contributed by atoms with Crippen LogP contribution >= 0.6 is 0 Å². The summed E-state index contributed by atoms with van der Waals surface area (Å²) in [7, 11) is 1.70. The summed E-state index contributed by atoms with van der Waals surface area (Å²) in [5.41, 5.74) is 0. The molecule has 0 aromatic heterocycles. The van der Waals surface area contributed by atoms with Crippen LogP contribution in [0.15, 0.2) is 0 Å². The number of hydrogen-bond donors (Lipinski definition) is 2. The molecule has 0 saturated heterocycles. The van der Waals surface area contributed by atoms with E-state index in [1.54, 1.807) is 7.11 Å². The van der Waals surface area contributed by atoms with Crippen LogP contribution in [0.3, 0.4) is 0 Å². The Morgan fingerprint density at radius 3 is 2.58 bits per heavy atom. The lowest BCUT2D eigenvalue weighted by Gasteiger charge is -2.38. The van der Waals surface area contributed by atoms with Crippen molar-refractivity contribution in [3.8, 4) is 0 Å². The molecule has 114 valence electrons. The summed E-state index contributed by atoms with van der Waals surface area (Å²) < 4.78 is 5.11. The fraction of sp³-hybridized carbons (Fsp3) is 1.00. The maximum atomic E-state index is 10.2. The van der Waals surface area contributed by atoms with Gasteiger partial charge < -0.3 is 14.9 Å². The van der Waals surface area contributed by atoms with Gasteiger partial charge in [0.2, 0.25) is 0 Å². The molecule has 1 fully saturated rings. The number of aliphatic hydroxyl groups is 2. The molecule has 1 aliphatic carbocycles. The van der Waals surface area contributed by atoms with Gasteiger partial charge >= 0.3 is 0 Å². The summed E-state index contributed by atoms with van der Waals surface area (Å²) in [6.45, 7) is 7.75. The van der Waals surface area contributed by atoms with Crippen molar-refractivity contribution in [3.05, 3.63) is 0 Å². The lowest BCUT2D eigenvalue weighted by molar-refractivity contribution is 0.0117. The molecule has 0 radical (unpaired) electrons. The van der Waals surface area contributed by atoms with Crippen molar-refractivity contribution < 1.29 is 14.9 Å². The first-order valence-electron chi connectivity index (χ1n) is 7.58. The molecule has 0 spiro atoms. The zero-order valence-electron chi connectivity index (χ0n) is 12.7. The highest BCUT2D eigenvalue weighted by molar-refractivity contribution is 4.83. The monoisotopic (exact) mass is 273 g/mol. The topological polar surface area (TPSA) is 52.9 Å². The van der Waals surface area contributed by atoms with E-state index in [1.807, 2.05) is 0 Å². The average molecular weight is 273 g/mol. The van der Waals surface area contributed by atoms with Crippen LogP contribution in [0.25, 0.3) is 0 Å². The Morgan fingerprint density at radius 2 is 2.00 bits per heavy atom. The number of ether oxygens (including phenoxy) is 1. The van der Waals surface area contributed by atoms with E-state index in [2.05, 4.69) is 18.7 Å². The highest BCUT2D eigenvalue weighted by Crippen LogP contribution is 2.34. The first-order chi connectivity index (χ1) is 9.08. The molecule has 1 aliphatic rings. The fourth-order valence-corrected chi connectivity index (χ4v) is 3.07. The van der Waals surface area contributed by atoms with Gasteiger partial charge in [0.1, 0.15) is 0 Å². The molecule has 1 rings (SSSR count). The van der Waals surface area contributed by atoms with Crippen LogP contribution in [-0.4, -0.2) is 61.2 Å². The molecule has 0 aromatic rings. The predicted molar refractivity (Wildman–Crippen MR) is 77.1 cm³/mol. The summed E-state index contributed by atoms with van der Waals surface area (Å²) in [6, 6.07) is 0. The van der Waals surface area contributed by atoms with Gasteiger partial charge in [0.15, 0.2) is 0 Å². The molecule has 3 unspecified atom stereocenters. The molecule has 0 aliphatic heterocycles. The van der Waals surface area contributed by atoms with Crippen LogP contribution in [0.2, 0.25) is 0 Å². The lowest BCUT2D eigenvalue weighted by atomic mass is 9.74. The molecule has 1 saturated carbocycles. The van der Waals surface area contributed by atoms with Crippen LogP contribution in [-0.2, 0) is 4.74 Å². The van der Waals surface area contributed by atoms with Crippen molar-refractivity contribution in [2.45, 2.75) is 39.2 Å². The minimum Gasteiger partial charge on any atom is -0.395 e. The van der Waals surface area contributed by atoms with E-state index >= 15 is 0 Å². The van der Waals surface area contributed by atoms with Crippen LogP contribution in [0.4, 0.5) is 0 Å². The number of rotatable bonds is 8. The Kier molecular flexibility index (Phi) is 7.91. The first kappa shape index (κ1) is 16.9. The van der Waals surface area contributed by atoms with Crippen molar-refractivity contribution in [2.75, 3.05) is 40.0 Å². The van der Waals surface area contributed by atoms with E-state index in [4.69, 9.17) is 9.84 Å². The van der Waals surface area contributed by atoms with Crippen molar-refractivity contribution in [3.63, 3.8) is 0 Å². The zero-order chi connectivity index (χ0) is 14.3. The van der Waals surface area contributed by atoms with E-state index in [1.165, 1.54) is 0 Å².